The fourth-order valence-corrected chi connectivity index (χ4v) is 1.52. The SMILES string of the molecule is CCN(CC)c1cncc(Br)c1. The minimum absolute atomic E-state index is 1.02. The third kappa shape index (κ3) is 2.21. The third-order valence-corrected chi connectivity index (χ3v) is 2.25. The van der Waals surface area contributed by atoms with Gasteiger partial charge < -0.3 is 4.90 Å². The Balaban J connectivity index is 2.85. The summed E-state index contributed by atoms with van der Waals surface area (Å²) in [6, 6.07) is 2.08. The second-order valence-corrected chi connectivity index (χ2v) is 3.45. The quantitative estimate of drug-likeness (QED) is 0.792. The molecule has 0 saturated heterocycles. The van der Waals surface area contributed by atoms with Gasteiger partial charge in [0.1, 0.15) is 0 Å². The highest BCUT2D eigenvalue weighted by Gasteiger charge is 2.00. The van der Waals surface area contributed by atoms with Crippen molar-refractivity contribution in [1.82, 2.24) is 4.98 Å². The third-order valence-electron chi connectivity index (χ3n) is 1.82. The van der Waals surface area contributed by atoms with Crippen LogP contribution in [0.5, 0.6) is 0 Å². The fourth-order valence-electron chi connectivity index (χ4n) is 1.16. The largest absolute Gasteiger partial charge is 0.371 e. The summed E-state index contributed by atoms with van der Waals surface area (Å²) in [6.07, 6.45) is 3.69. The van der Waals surface area contributed by atoms with Gasteiger partial charge in [-0.15, -0.1) is 0 Å². The number of hydrogen-bond acceptors (Lipinski definition) is 2. The Morgan fingerprint density at radius 2 is 2.00 bits per heavy atom. The lowest BCUT2D eigenvalue weighted by Gasteiger charge is -2.20. The van der Waals surface area contributed by atoms with Crippen LogP contribution in [0, 0.1) is 0 Å². The zero-order valence-corrected chi connectivity index (χ0v) is 9.00. The fraction of sp³-hybridized carbons (Fsp3) is 0.444. The highest BCUT2D eigenvalue weighted by atomic mass is 79.9. The van der Waals surface area contributed by atoms with E-state index in [1.807, 2.05) is 6.20 Å². The van der Waals surface area contributed by atoms with Crippen LogP contribution >= 0.6 is 15.9 Å². The van der Waals surface area contributed by atoms with Gasteiger partial charge in [0.25, 0.3) is 0 Å². The molecular formula is C9H13BrN2. The molecule has 0 aliphatic carbocycles. The van der Waals surface area contributed by atoms with Crippen molar-refractivity contribution in [3.8, 4) is 0 Å². The van der Waals surface area contributed by atoms with E-state index in [1.54, 1.807) is 6.20 Å². The zero-order valence-electron chi connectivity index (χ0n) is 7.42. The lowest BCUT2D eigenvalue weighted by atomic mass is 10.3. The second-order valence-electron chi connectivity index (χ2n) is 2.53. The lowest BCUT2D eigenvalue weighted by Crippen LogP contribution is -2.21. The van der Waals surface area contributed by atoms with E-state index >= 15 is 0 Å². The summed E-state index contributed by atoms with van der Waals surface area (Å²) in [6.45, 7) is 6.33. The number of nitrogens with zero attached hydrogens (tertiary/aromatic N) is 2. The van der Waals surface area contributed by atoms with E-state index in [0.29, 0.717) is 0 Å². The van der Waals surface area contributed by atoms with Gasteiger partial charge in [-0.2, -0.15) is 0 Å². The molecule has 0 unspecified atom stereocenters. The van der Waals surface area contributed by atoms with Crippen LogP contribution in [0.15, 0.2) is 22.9 Å². The van der Waals surface area contributed by atoms with Gasteiger partial charge >= 0.3 is 0 Å². The van der Waals surface area contributed by atoms with E-state index in [2.05, 4.69) is 45.7 Å². The van der Waals surface area contributed by atoms with E-state index in [0.717, 1.165) is 17.6 Å². The van der Waals surface area contributed by atoms with Crippen LogP contribution in [0.4, 0.5) is 5.69 Å². The standard InChI is InChI=1S/C9H13BrN2/c1-3-12(4-2)9-5-8(10)6-11-7-9/h5-7H,3-4H2,1-2H3. The number of hydrogen-bond donors (Lipinski definition) is 0. The minimum atomic E-state index is 1.02. The molecule has 3 heteroatoms. The molecule has 0 aliphatic rings. The van der Waals surface area contributed by atoms with E-state index in [9.17, 15) is 0 Å². The number of rotatable bonds is 3. The lowest BCUT2D eigenvalue weighted by molar-refractivity contribution is 0.862. The summed E-state index contributed by atoms with van der Waals surface area (Å²) in [7, 11) is 0. The van der Waals surface area contributed by atoms with Crippen LogP contribution in [0.2, 0.25) is 0 Å². The summed E-state index contributed by atoms with van der Waals surface area (Å²) in [5.41, 5.74) is 1.18. The summed E-state index contributed by atoms with van der Waals surface area (Å²) in [5, 5.41) is 0. The Hall–Kier alpha value is -0.570. The number of aromatic nitrogens is 1. The van der Waals surface area contributed by atoms with Crippen molar-refractivity contribution in [3.63, 3.8) is 0 Å². The van der Waals surface area contributed by atoms with Gasteiger partial charge in [-0.05, 0) is 35.8 Å². The summed E-state index contributed by atoms with van der Waals surface area (Å²) < 4.78 is 1.03. The maximum absolute atomic E-state index is 4.11. The first kappa shape index (κ1) is 9.52. The highest BCUT2D eigenvalue weighted by molar-refractivity contribution is 9.10. The van der Waals surface area contributed by atoms with Gasteiger partial charge in [-0.25, -0.2) is 0 Å². The van der Waals surface area contributed by atoms with Gasteiger partial charge in [0.05, 0.1) is 11.9 Å². The molecule has 1 aromatic rings. The first-order chi connectivity index (χ1) is 5.77. The Kier molecular flexibility index (Phi) is 3.53. The Labute approximate surface area is 81.7 Å². The molecule has 0 fully saturated rings. The summed E-state index contributed by atoms with van der Waals surface area (Å²) in [4.78, 5) is 6.37. The second kappa shape index (κ2) is 4.45. The predicted octanol–water partition coefficient (Wildman–Crippen LogP) is 2.69. The normalized spacial score (nSPS) is 9.92. The average molecular weight is 229 g/mol. The average Bonchev–Trinajstić information content (AvgIpc) is 2.07. The molecule has 2 nitrogen and oxygen atoms in total. The van der Waals surface area contributed by atoms with Gasteiger partial charge in [-0.1, -0.05) is 0 Å². The summed E-state index contributed by atoms with van der Waals surface area (Å²) in [5.74, 6) is 0. The van der Waals surface area contributed by atoms with E-state index in [1.165, 1.54) is 5.69 Å². The molecule has 1 heterocycles. The van der Waals surface area contributed by atoms with Crippen LogP contribution in [0.25, 0.3) is 0 Å². The van der Waals surface area contributed by atoms with Gasteiger partial charge in [0.15, 0.2) is 0 Å². The van der Waals surface area contributed by atoms with Gasteiger partial charge in [-0.3, -0.25) is 4.98 Å². The Bertz CT molecular complexity index is 246. The van der Waals surface area contributed by atoms with Crippen molar-refractivity contribution >= 4 is 21.6 Å². The van der Waals surface area contributed by atoms with Crippen molar-refractivity contribution < 1.29 is 0 Å². The topological polar surface area (TPSA) is 16.1 Å². The first-order valence-corrected chi connectivity index (χ1v) is 4.92. The smallest absolute Gasteiger partial charge is 0.0563 e. The summed E-state index contributed by atoms with van der Waals surface area (Å²) >= 11 is 3.40. The van der Waals surface area contributed by atoms with E-state index in [4.69, 9.17) is 0 Å². The molecular weight excluding hydrogens is 216 g/mol. The molecule has 0 radical (unpaired) electrons. The van der Waals surface area contributed by atoms with Crippen LogP contribution in [0.3, 0.4) is 0 Å². The molecule has 0 bridgehead atoms. The van der Waals surface area contributed by atoms with E-state index in [-0.39, 0.29) is 0 Å². The maximum Gasteiger partial charge on any atom is 0.0563 e. The monoisotopic (exact) mass is 228 g/mol. The van der Waals surface area contributed by atoms with Crippen LogP contribution in [-0.4, -0.2) is 18.1 Å². The van der Waals surface area contributed by atoms with Crippen molar-refractivity contribution in [2.75, 3.05) is 18.0 Å². The zero-order chi connectivity index (χ0) is 8.97. The van der Waals surface area contributed by atoms with Crippen molar-refractivity contribution in [1.29, 1.82) is 0 Å². The van der Waals surface area contributed by atoms with Gasteiger partial charge in [0, 0.05) is 23.8 Å². The Morgan fingerprint density at radius 1 is 1.33 bits per heavy atom. The first-order valence-electron chi connectivity index (χ1n) is 4.13. The van der Waals surface area contributed by atoms with Crippen LogP contribution in [-0.2, 0) is 0 Å². The molecule has 0 saturated carbocycles. The molecule has 0 spiro atoms. The number of halogens is 1. The highest BCUT2D eigenvalue weighted by Crippen LogP contribution is 2.17. The number of anilines is 1. The van der Waals surface area contributed by atoms with Crippen molar-refractivity contribution in [2.45, 2.75) is 13.8 Å². The molecule has 0 aliphatic heterocycles. The molecule has 0 aromatic carbocycles. The number of pyridine rings is 1. The molecule has 0 N–H and O–H groups in total. The predicted molar refractivity (Wildman–Crippen MR) is 55.5 cm³/mol. The molecule has 12 heavy (non-hydrogen) atoms. The van der Waals surface area contributed by atoms with Crippen molar-refractivity contribution in [2.24, 2.45) is 0 Å². The molecule has 0 amide bonds. The van der Waals surface area contributed by atoms with E-state index < -0.39 is 0 Å². The molecule has 0 atom stereocenters. The van der Waals surface area contributed by atoms with Crippen molar-refractivity contribution in [3.05, 3.63) is 22.9 Å². The van der Waals surface area contributed by atoms with Gasteiger partial charge in [0.2, 0.25) is 0 Å². The minimum Gasteiger partial charge on any atom is -0.371 e. The molecule has 1 rings (SSSR count). The van der Waals surface area contributed by atoms with Crippen LogP contribution < -0.4 is 4.90 Å². The maximum atomic E-state index is 4.11. The molecule has 66 valence electrons. The van der Waals surface area contributed by atoms with Crippen LogP contribution in [0.1, 0.15) is 13.8 Å². The Morgan fingerprint density at radius 3 is 2.50 bits per heavy atom. The molecule has 1 aromatic heterocycles.